The van der Waals surface area contributed by atoms with Crippen molar-refractivity contribution < 1.29 is 9.90 Å². The second kappa shape index (κ2) is 6.40. The van der Waals surface area contributed by atoms with E-state index in [-0.39, 0.29) is 5.41 Å². The van der Waals surface area contributed by atoms with Crippen LogP contribution in [0, 0.1) is 23.2 Å². The summed E-state index contributed by atoms with van der Waals surface area (Å²) in [6, 6.07) is 0. The van der Waals surface area contributed by atoms with Gasteiger partial charge in [0.25, 0.3) is 0 Å². The van der Waals surface area contributed by atoms with Gasteiger partial charge in [-0.2, -0.15) is 0 Å². The fraction of sp³-hybridized carbons (Fsp3) is 0.947. The van der Waals surface area contributed by atoms with Gasteiger partial charge in [-0.3, -0.25) is 4.79 Å². The molecule has 0 aromatic carbocycles. The Balaban J connectivity index is 1.99. The van der Waals surface area contributed by atoms with Gasteiger partial charge < -0.3 is 5.11 Å². The molecular weight excluding hydrogens is 260 g/mol. The molecule has 2 aliphatic carbocycles. The van der Waals surface area contributed by atoms with Gasteiger partial charge in [0.2, 0.25) is 0 Å². The van der Waals surface area contributed by atoms with Crippen LogP contribution in [0.4, 0.5) is 0 Å². The van der Waals surface area contributed by atoms with Gasteiger partial charge in [0, 0.05) is 12.3 Å². The van der Waals surface area contributed by atoms with Crippen LogP contribution in [0.5, 0.6) is 0 Å². The third-order valence-corrected chi connectivity index (χ3v) is 6.31. The smallest absolute Gasteiger partial charge is 0.136 e. The predicted octanol–water partition coefficient (Wildman–Crippen LogP) is 4.74. The Morgan fingerprint density at radius 2 is 2.05 bits per heavy atom. The summed E-state index contributed by atoms with van der Waals surface area (Å²) in [5, 5.41) is 9.87. The van der Waals surface area contributed by atoms with Crippen molar-refractivity contribution in [2.75, 3.05) is 0 Å². The molecule has 122 valence electrons. The fourth-order valence-electron chi connectivity index (χ4n) is 5.16. The van der Waals surface area contributed by atoms with E-state index in [1.807, 2.05) is 13.8 Å². The molecule has 0 bridgehead atoms. The van der Waals surface area contributed by atoms with E-state index in [2.05, 4.69) is 13.8 Å². The van der Waals surface area contributed by atoms with Crippen molar-refractivity contribution in [3.8, 4) is 0 Å². The maximum Gasteiger partial charge on any atom is 0.136 e. The fourth-order valence-corrected chi connectivity index (χ4v) is 5.16. The first-order valence-electron chi connectivity index (χ1n) is 8.99. The largest absolute Gasteiger partial charge is 0.390 e. The lowest BCUT2D eigenvalue weighted by Gasteiger charge is -2.52. The Hall–Kier alpha value is -0.370. The van der Waals surface area contributed by atoms with Crippen LogP contribution in [0.2, 0.25) is 0 Å². The monoisotopic (exact) mass is 294 g/mol. The Bertz CT molecular complexity index is 368. The maximum absolute atomic E-state index is 12.3. The number of Topliss-reactive ketones (excluding diaryl/α,β-unsaturated/α-hetero) is 1. The lowest BCUT2D eigenvalue weighted by Crippen LogP contribution is -2.47. The van der Waals surface area contributed by atoms with Crippen LogP contribution in [0.15, 0.2) is 0 Å². The van der Waals surface area contributed by atoms with E-state index in [1.54, 1.807) is 0 Å². The van der Waals surface area contributed by atoms with Crippen LogP contribution < -0.4 is 0 Å². The van der Waals surface area contributed by atoms with E-state index in [4.69, 9.17) is 0 Å². The Morgan fingerprint density at radius 1 is 1.33 bits per heavy atom. The summed E-state index contributed by atoms with van der Waals surface area (Å²) in [5.41, 5.74) is -0.290. The van der Waals surface area contributed by atoms with Crippen molar-refractivity contribution >= 4 is 5.78 Å². The van der Waals surface area contributed by atoms with Gasteiger partial charge in [-0.1, -0.05) is 33.1 Å². The number of hydrogen-bond donors (Lipinski definition) is 1. The second-order valence-corrected chi connectivity index (χ2v) is 8.60. The molecule has 0 heterocycles. The van der Waals surface area contributed by atoms with Crippen LogP contribution >= 0.6 is 0 Å². The van der Waals surface area contributed by atoms with Crippen LogP contribution in [-0.4, -0.2) is 16.5 Å². The van der Waals surface area contributed by atoms with Gasteiger partial charge in [0.1, 0.15) is 5.78 Å². The third-order valence-electron chi connectivity index (χ3n) is 6.31. The molecule has 21 heavy (non-hydrogen) atoms. The minimum absolute atomic E-state index is 0.252. The number of ketones is 1. The highest BCUT2D eigenvalue weighted by atomic mass is 16.3. The molecule has 1 N–H and O–H groups in total. The first kappa shape index (κ1) is 17.0. The number of hydrogen-bond acceptors (Lipinski definition) is 2. The lowest BCUT2D eigenvalue weighted by molar-refractivity contribution is -0.137. The number of carbonyl (C=O) groups excluding carboxylic acids is 1. The third kappa shape index (κ3) is 3.88. The quantitative estimate of drug-likeness (QED) is 0.795. The highest BCUT2D eigenvalue weighted by Gasteiger charge is 2.49. The minimum Gasteiger partial charge on any atom is -0.390 e. The molecule has 0 aromatic rings. The number of fused-ring (bicyclic) bond motifs is 1. The summed E-state index contributed by atoms with van der Waals surface area (Å²) in [5.74, 6) is 2.24. The van der Waals surface area contributed by atoms with Crippen molar-refractivity contribution in [2.24, 2.45) is 23.2 Å². The zero-order valence-corrected chi connectivity index (χ0v) is 14.5. The van der Waals surface area contributed by atoms with Crippen molar-refractivity contribution in [3.63, 3.8) is 0 Å². The molecule has 0 spiro atoms. The molecule has 2 fully saturated rings. The summed E-state index contributed by atoms with van der Waals surface area (Å²) in [6.07, 6.45) is 9.96. The molecule has 0 radical (unpaired) electrons. The molecule has 4 atom stereocenters. The first-order valence-corrected chi connectivity index (χ1v) is 8.99. The van der Waals surface area contributed by atoms with Gasteiger partial charge in [0.15, 0.2) is 0 Å². The SMILES string of the molecule is C[C@H](CCCC(C)(C)O)[C@H]1CCC[C@@H]2C(=O)CCC[C@@]21C. The number of carbonyl (C=O) groups is 1. The minimum atomic E-state index is -0.542. The van der Waals surface area contributed by atoms with E-state index in [0.29, 0.717) is 23.5 Å². The van der Waals surface area contributed by atoms with Crippen molar-refractivity contribution in [2.45, 2.75) is 91.1 Å². The first-order chi connectivity index (χ1) is 9.74. The molecule has 2 saturated carbocycles. The second-order valence-electron chi connectivity index (χ2n) is 8.60. The standard InChI is InChI=1S/C19H34O2/c1-14(8-6-12-18(2,3)21)15-9-5-10-16-17(20)11-7-13-19(15,16)4/h14-16,21H,5-13H2,1-4H3/t14-,15-,16-,19-/m1/s1. The van der Waals surface area contributed by atoms with Crippen LogP contribution in [0.25, 0.3) is 0 Å². The zero-order valence-electron chi connectivity index (χ0n) is 14.5. The van der Waals surface area contributed by atoms with Crippen molar-refractivity contribution in [1.29, 1.82) is 0 Å². The Kier molecular flexibility index (Phi) is 5.18. The Labute approximate surface area is 130 Å². The average molecular weight is 294 g/mol. The number of aliphatic hydroxyl groups is 1. The highest BCUT2D eigenvalue weighted by Crippen LogP contribution is 2.55. The summed E-state index contributed by atoms with van der Waals surface area (Å²) in [6.45, 7) is 8.57. The Morgan fingerprint density at radius 3 is 2.71 bits per heavy atom. The predicted molar refractivity (Wildman–Crippen MR) is 87.1 cm³/mol. The van der Waals surface area contributed by atoms with Gasteiger partial charge in [0.05, 0.1) is 5.60 Å². The van der Waals surface area contributed by atoms with Crippen molar-refractivity contribution in [3.05, 3.63) is 0 Å². The maximum atomic E-state index is 12.3. The van der Waals surface area contributed by atoms with Gasteiger partial charge in [-0.15, -0.1) is 0 Å². The molecule has 0 aliphatic heterocycles. The van der Waals surface area contributed by atoms with E-state index in [9.17, 15) is 9.90 Å². The van der Waals surface area contributed by atoms with Gasteiger partial charge in [-0.25, -0.2) is 0 Å². The van der Waals surface area contributed by atoms with E-state index >= 15 is 0 Å². The topological polar surface area (TPSA) is 37.3 Å². The van der Waals surface area contributed by atoms with Crippen LogP contribution in [0.3, 0.4) is 0 Å². The van der Waals surface area contributed by atoms with Crippen LogP contribution in [-0.2, 0) is 4.79 Å². The molecule has 0 aromatic heterocycles. The van der Waals surface area contributed by atoms with E-state index in [0.717, 1.165) is 32.1 Å². The molecular formula is C19H34O2. The summed E-state index contributed by atoms with van der Waals surface area (Å²) in [7, 11) is 0. The molecule has 2 aliphatic rings. The highest BCUT2D eigenvalue weighted by molar-refractivity contribution is 5.82. The molecule has 0 amide bonds. The lowest BCUT2D eigenvalue weighted by atomic mass is 9.52. The zero-order chi connectivity index (χ0) is 15.7. The van der Waals surface area contributed by atoms with E-state index in [1.165, 1.54) is 25.7 Å². The van der Waals surface area contributed by atoms with Crippen LogP contribution in [0.1, 0.15) is 85.5 Å². The summed E-state index contributed by atoms with van der Waals surface area (Å²) < 4.78 is 0. The van der Waals surface area contributed by atoms with Gasteiger partial charge >= 0.3 is 0 Å². The molecule has 2 heteroatoms. The normalized spacial score (nSPS) is 35.4. The van der Waals surface area contributed by atoms with E-state index < -0.39 is 5.60 Å². The average Bonchev–Trinajstić information content (AvgIpc) is 2.36. The summed E-state index contributed by atoms with van der Waals surface area (Å²) in [4.78, 5) is 12.3. The summed E-state index contributed by atoms with van der Waals surface area (Å²) >= 11 is 0. The molecule has 0 saturated heterocycles. The molecule has 2 rings (SSSR count). The molecule has 0 unspecified atom stereocenters. The molecule has 2 nitrogen and oxygen atoms in total. The van der Waals surface area contributed by atoms with Gasteiger partial charge in [-0.05, 0) is 63.2 Å². The number of rotatable bonds is 5. The van der Waals surface area contributed by atoms with Crippen molar-refractivity contribution in [1.82, 2.24) is 0 Å².